The smallest absolute Gasteiger partial charge is 0.279 e. The number of nitrogens with zero attached hydrogens (tertiary/aromatic N) is 2. The highest BCUT2D eigenvalue weighted by Crippen LogP contribution is 2.38. The van der Waals surface area contributed by atoms with Gasteiger partial charge in [-0.3, -0.25) is 9.69 Å². The Morgan fingerprint density at radius 3 is 2.03 bits per heavy atom. The van der Waals surface area contributed by atoms with E-state index in [1.54, 1.807) is 30.3 Å². The molecule has 0 radical (unpaired) electrons. The molecule has 1 amide bonds. The van der Waals surface area contributed by atoms with E-state index in [9.17, 15) is 35.5 Å². The minimum absolute atomic E-state index is 0.0502. The average Bonchev–Trinajstić information content (AvgIpc) is 3.22. The third-order valence-electron chi connectivity index (χ3n) is 4.85. The summed E-state index contributed by atoms with van der Waals surface area (Å²) in [4.78, 5) is 18.4. The fourth-order valence-electron chi connectivity index (χ4n) is 3.25. The number of benzene rings is 3. The number of para-hydroxylation sites is 1. The molecule has 1 heterocycles. The minimum atomic E-state index is -5.11. The maximum absolute atomic E-state index is 14.2. The van der Waals surface area contributed by atoms with Crippen molar-refractivity contribution in [2.75, 3.05) is 4.90 Å². The second-order valence-corrected chi connectivity index (χ2v) is 8.26. The van der Waals surface area contributed by atoms with E-state index in [1.807, 2.05) is 0 Å². The number of amides is 1. The normalized spacial score (nSPS) is 12.2. The molecule has 0 aliphatic rings. The fraction of sp³-hybridized carbons (Fsp3) is 0.130. The molecule has 34 heavy (non-hydrogen) atoms. The largest absolute Gasteiger partial charge is 0.416 e. The van der Waals surface area contributed by atoms with Crippen molar-refractivity contribution in [3.63, 3.8) is 0 Å². The molecule has 0 atom stereocenters. The summed E-state index contributed by atoms with van der Waals surface area (Å²) < 4.78 is 94.4. The van der Waals surface area contributed by atoms with E-state index in [0.29, 0.717) is 22.4 Å². The Balaban J connectivity index is 1.86. The van der Waals surface area contributed by atoms with Gasteiger partial charge in [-0.1, -0.05) is 47.7 Å². The van der Waals surface area contributed by atoms with Crippen molar-refractivity contribution >= 4 is 32.6 Å². The number of hydrogen-bond donors (Lipinski definition) is 0. The number of fused-ring (bicyclic) bond motifs is 1. The lowest BCUT2D eigenvalue weighted by Crippen LogP contribution is -2.31. The third-order valence-corrected chi connectivity index (χ3v) is 5.90. The molecule has 3 nitrogen and oxygen atoms in total. The van der Waals surface area contributed by atoms with E-state index in [2.05, 4.69) is 4.98 Å². The van der Waals surface area contributed by atoms with Crippen LogP contribution in [0.4, 0.5) is 35.9 Å². The summed E-state index contributed by atoms with van der Waals surface area (Å²) in [5.41, 5.74) is -3.56. The number of alkyl halides is 6. The lowest BCUT2D eigenvalue weighted by atomic mass is 10.0. The van der Waals surface area contributed by atoms with Gasteiger partial charge < -0.3 is 0 Å². The van der Waals surface area contributed by atoms with E-state index in [0.717, 1.165) is 22.3 Å². The molecule has 0 bridgehead atoms. The predicted octanol–water partition coefficient (Wildman–Crippen LogP) is 7.32. The van der Waals surface area contributed by atoms with Gasteiger partial charge in [-0.2, -0.15) is 26.3 Å². The molecular weight excluding hydrogens is 485 g/mol. The molecule has 0 aliphatic carbocycles. The summed E-state index contributed by atoms with van der Waals surface area (Å²) in [6.45, 7) is -0.210. The Morgan fingerprint density at radius 2 is 1.47 bits per heavy atom. The Bertz CT molecular complexity index is 1310. The zero-order valence-electron chi connectivity index (χ0n) is 16.9. The van der Waals surface area contributed by atoms with Gasteiger partial charge in [0.1, 0.15) is 11.3 Å². The zero-order chi connectivity index (χ0) is 24.7. The first-order chi connectivity index (χ1) is 15.9. The number of hydrogen-bond acceptors (Lipinski definition) is 3. The Morgan fingerprint density at radius 1 is 0.853 bits per heavy atom. The molecule has 11 heteroatoms. The van der Waals surface area contributed by atoms with Crippen molar-refractivity contribution in [1.29, 1.82) is 0 Å². The van der Waals surface area contributed by atoms with E-state index in [4.69, 9.17) is 0 Å². The molecule has 0 N–H and O–H groups in total. The summed E-state index contributed by atoms with van der Waals surface area (Å²) in [6, 6.07) is 13.1. The molecule has 3 aromatic carbocycles. The highest BCUT2D eigenvalue weighted by atomic mass is 32.1. The number of anilines is 1. The number of rotatable bonds is 4. The number of thiazole rings is 1. The molecule has 0 saturated heterocycles. The quantitative estimate of drug-likeness (QED) is 0.276. The molecule has 0 spiro atoms. The molecule has 4 aromatic rings. The number of carbonyl (C=O) groups is 1. The lowest BCUT2D eigenvalue weighted by Gasteiger charge is -2.21. The van der Waals surface area contributed by atoms with Crippen LogP contribution in [0.25, 0.3) is 10.2 Å². The van der Waals surface area contributed by atoms with Crippen molar-refractivity contribution in [3.05, 3.63) is 94.8 Å². The van der Waals surface area contributed by atoms with Crippen molar-refractivity contribution < 1.29 is 35.5 Å². The van der Waals surface area contributed by atoms with E-state index in [1.165, 1.54) is 12.1 Å². The van der Waals surface area contributed by atoms with Gasteiger partial charge in [0.05, 0.1) is 22.4 Å². The molecular formula is C23H13F7N2OS. The molecule has 1 aromatic heterocycles. The Kier molecular flexibility index (Phi) is 6.07. The van der Waals surface area contributed by atoms with Gasteiger partial charge in [0.15, 0.2) is 5.13 Å². The van der Waals surface area contributed by atoms with Gasteiger partial charge in [-0.15, -0.1) is 0 Å². The highest BCUT2D eigenvalue weighted by molar-refractivity contribution is 7.22. The van der Waals surface area contributed by atoms with Crippen LogP contribution in [-0.4, -0.2) is 10.9 Å². The number of halogens is 7. The van der Waals surface area contributed by atoms with Crippen molar-refractivity contribution in [1.82, 2.24) is 4.98 Å². The molecule has 0 unspecified atom stereocenters. The standard InChI is InChI=1S/C23H13F7N2OS/c24-17-7-4-8-18-19(17)31-21(34-18)32(12-13-5-2-1-3-6-13)20(33)14-9-15(22(25,26)27)11-16(10-14)23(28,29)30/h1-11H,12H2. The van der Waals surface area contributed by atoms with Gasteiger partial charge in [0.2, 0.25) is 0 Å². The second-order valence-electron chi connectivity index (χ2n) is 7.25. The summed E-state index contributed by atoms with van der Waals surface area (Å²) in [5, 5.41) is -0.0695. The maximum atomic E-state index is 14.2. The van der Waals surface area contributed by atoms with Gasteiger partial charge in [-0.05, 0) is 35.9 Å². The topological polar surface area (TPSA) is 33.2 Å². The van der Waals surface area contributed by atoms with Crippen LogP contribution in [0.3, 0.4) is 0 Å². The van der Waals surface area contributed by atoms with Crippen LogP contribution in [-0.2, 0) is 18.9 Å². The van der Waals surface area contributed by atoms with E-state index in [-0.39, 0.29) is 23.3 Å². The molecule has 0 saturated carbocycles. The summed E-state index contributed by atoms with van der Waals surface area (Å²) in [7, 11) is 0. The summed E-state index contributed by atoms with van der Waals surface area (Å²) in [6.07, 6.45) is -10.2. The van der Waals surface area contributed by atoms with Crippen LogP contribution in [0.15, 0.2) is 66.7 Å². The number of carbonyl (C=O) groups excluding carboxylic acids is 1. The molecule has 4 rings (SSSR count). The lowest BCUT2D eigenvalue weighted by molar-refractivity contribution is -0.143. The molecule has 176 valence electrons. The van der Waals surface area contributed by atoms with Gasteiger partial charge in [-0.25, -0.2) is 9.37 Å². The van der Waals surface area contributed by atoms with Crippen LogP contribution in [0, 0.1) is 5.82 Å². The first-order valence-electron chi connectivity index (χ1n) is 9.64. The number of aromatic nitrogens is 1. The zero-order valence-corrected chi connectivity index (χ0v) is 17.7. The van der Waals surface area contributed by atoms with Crippen LogP contribution in [0.2, 0.25) is 0 Å². The average molecular weight is 498 g/mol. The van der Waals surface area contributed by atoms with Gasteiger partial charge in [0.25, 0.3) is 5.91 Å². The fourth-order valence-corrected chi connectivity index (χ4v) is 4.22. The van der Waals surface area contributed by atoms with Crippen molar-refractivity contribution in [2.45, 2.75) is 18.9 Å². The minimum Gasteiger partial charge on any atom is -0.279 e. The molecule has 0 fully saturated rings. The van der Waals surface area contributed by atoms with Crippen molar-refractivity contribution in [3.8, 4) is 0 Å². The summed E-state index contributed by atoms with van der Waals surface area (Å²) in [5.74, 6) is -1.81. The van der Waals surface area contributed by atoms with Crippen LogP contribution < -0.4 is 4.90 Å². The highest BCUT2D eigenvalue weighted by Gasteiger charge is 2.38. The Hall–Kier alpha value is -3.47. The van der Waals surface area contributed by atoms with Crippen LogP contribution in [0.5, 0.6) is 0 Å². The van der Waals surface area contributed by atoms with Gasteiger partial charge >= 0.3 is 12.4 Å². The van der Waals surface area contributed by atoms with Gasteiger partial charge in [0, 0.05) is 5.56 Å². The maximum Gasteiger partial charge on any atom is 0.416 e. The molecule has 0 aliphatic heterocycles. The predicted molar refractivity (Wildman–Crippen MR) is 113 cm³/mol. The van der Waals surface area contributed by atoms with E-state index < -0.39 is 40.8 Å². The van der Waals surface area contributed by atoms with Crippen LogP contribution in [0.1, 0.15) is 27.0 Å². The second kappa shape index (κ2) is 8.71. The van der Waals surface area contributed by atoms with Crippen molar-refractivity contribution in [2.24, 2.45) is 0 Å². The first-order valence-corrected chi connectivity index (χ1v) is 10.5. The SMILES string of the molecule is O=C(c1cc(C(F)(F)F)cc(C(F)(F)F)c1)N(Cc1ccccc1)c1nc2c(F)cccc2s1. The van der Waals surface area contributed by atoms with Crippen LogP contribution >= 0.6 is 11.3 Å². The third kappa shape index (κ3) is 4.89. The Labute approximate surface area is 192 Å². The summed E-state index contributed by atoms with van der Waals surface area (Å²) >= 11 is 0.891. The monoisotopic (exact) mass is 498 g/mol. The van der Waals surface area contributed by atoms with E-state index >= 15 is 0 Å². The first kappa shape index (κ1) is 23.7.